The highest BCUT2D eigenvalue weighted by atomic mass is 127. The van der Waals surface area contributed by atoms with Crippen LogP contribution in [0.15, 0.2) is 41.5 Å². The van der Waals surface area contributed by atoms with Gasteiger partial charge in [-0.25, -0.2) is 4.39 Å². The Balaban J connectivity index is 0.00000288. The number of hydrogen-bond donors (Lipinski definition) is 1. The summed E-state index contributed by atoms with van der Waals surface area (Å²) in [6.45, 7) is 1.44. The fourth-order valence-corrected chi connectivity index (χ4v) is 2.66. The molecule has 0 aliphatic heterocycles. The van der Waals surface area contributed by atoms with Crippen molar-refractivity contribution in [3.63, 3.8) is 0 Å². The molecule has 0 radical (unpaired) electrons. The van der Waals surface area contributed by atoms with Crippen molar-refractivity contribution in [2.45, 2.75) is 13.0 Å². The zero-order valence-corrected chi connectivity index (χ0v) is 17.2. The highest BCUT2D eigenvalue weighted by molar-refractivity contribution is 14.0. The normalized spacial score (nSPS) is 11.1. The van der Waals surface area contributed by atoms with Crippen LogP contribution in [-0.4, -0.2) is 36.1 Å². The van der Waals surface area contributed by atoms with E-state index in [-0.39, 0.29) is 29.8 Å². The summed E-state index contributed by atoms with van der Waals surface area (Å²) in [6.07, 6.45) is 2.73. The van der Waals surface area contributed by atoms with Gasteiger partial charge in [0, 0.05) is 44.6 Å². The fourth-order valence-electron chi connectivity index (χ4n) is 2.40. The van der Waals surface area contributed by atoms with Gasteiger partial charge in [0.15, 0.2) is 5.96 Å². The number of aromatic nitrogens is 1. The zero-order valence-electron chi connectivity index (χ0n) is 14.1. The van der Waals surface area contributed by atoms with Crippen molar-refractivity contribution in [2.75, 3.05) is 20.6 Å². The Morgan fingerprint density at radius 1 is 1.38 bits per heavy atom. The topological polar surface area (TPSA) is 32.6 Å². The van der Waals surface area contributed by atoms with E-state index in [9.17, 15) is 4.39 Å². The maximum absolute atomic E-state index is 13.0. The highest BCUT2D eigenvalue weighted by Gasteiger charge is 2.08. The van der Waals surface area contributed by atoms with Gasteiger partial charge < -0.3 is 14.8 Å². The van der Waals surface area contributed by atoms with Crippen LogP contribution < -0.4 is 5.32 Å². The Kier molecular flexibility index (Phi) is 8.55. The molecule has 1 N–H and O–H groups in total. The van der Waals surface area contributed by atoms with Gasteiger partial charge in [0.2, 0.25) is 0 Å². The fraction of sp³-hybridized carbons (Fsp3) is 0.353. The Bertz CT molecular complexity index is 687. The largest absolute Gasteiger partial charge is 0.356 e. The minimum atomic E-state index is -0.315. The summed E-state index contributed by atoms with van der Waals surface area (Å²) < 4.78 is 15.1. The van der Waals surface area contributed by atoms with Gasteiger partial charge in [0.05, 0.1) is 6.54 Å². The molecule has 132 valence electrons. The lowest BCUT2D eigenvalue weighted by atomic mass is 10.1. The molecule has 0 amide bonds. The molecular weight excluding hydrogens is 442 g/mol. The van der Waals surface area contributed by atoms with Gasteiger partial charge >= 0.3 is 0 Å². The van der Waals surface area contributed by atoms with Crippen LogP contribution in [0.5, 0.6) is 0 Å². The number of aliphatic imine (C=N–C) groups is 1. The molecular formula is C17H23ClFIN4. The Hall–Kier alpha value is -1.28. The molecule has 0 saturated heterocycles. The van der Waals surface area contributed by atoms with Crippen LogP contribution >= 0.6 is 35.6 Å². The van der Waals surface area contributed by atoms with E-state index in [4.69, 9.17) is 11.6 Å². The minimum Gasteiger partial charge on any atom is -0.356 e. The molecule has 7 heteroatoms. The first-order valence-electron chi connectivity index (χ1n) is 7.47. The van der Waals surface area contributed by atoms with Crippen LogP contribution in [0.3, 0.4) is 0 Å². The molecule has 1 aromatic heterocycles. The van der Waals surface area contributed by atoms with Crippen molar-refractivity contribution >= 4 is 41.5 Å². The lowest BCUT2D eigenvalue weighted by Gasteiger charge is -2.22. The maximum atomic E-state index is 13.0. The number of nitrogens with one attached hydrogen (secondary N) is 1. The van der Waals surface area contributed by atoms with Crippen molar-refractivity contribution in [3.8, 4) is 0 Å². The summed E-state index contributed by atoms with van der Waals surface area (Å²) in [5, 5.41) is 3.76. The molecule has 0 aliphatic carbocycles. The second-order valence-electron chi connectivity index (χ2n) is 5.43. The van der Waals surface area contributed by atoms with Gasteiger partial charge in [-0.3, -0.25) is 4.99 Å². The molecule has 2 rings (SSSR count). The molecule has 0 unspecified atom stereocenters. The molecule has 2 aromatic rings. The SMILES string of the molecule is CN=C(NCCc1ccc(F)cc1Cl)N(C)Cc1cccn1C.I. The van der Waals surface area contributed by atoms with E-state index in [0.29, 0.717) is 18.0 Å². The number of halogens is 3. The molecule has 4 nitrogen and oxygen atoms in total. The first-order chi connectivity index (χ1) is 11.0. The van der Waals surface area contributed by atoms with Crippen LogP contribution in [0, 0.1) is 5.82 Å². The highest BCUT2D eigenvalue weighted by Crippen LogP contribution is 2.17. The van der Waals surface area contributed by atoms with E-state index in [1.165, 1.54) is 17.8 Å². The van der Waals surface area contributed by atoms with Crippen LogP contribution in [0.4, 0.5) is 4.39 Å². The van der Waals surface area contributed by atoms with Crippen molar-refractivity contribution < 1.29 is 4.39 Å². The van der Waals surface area contributed by atoms with Crippen LogP contribution in [0.2, 0.25) is 5.02 Å². The third-order valence-corrected chi connectivity index (χ3v) is 4.07. The van der Waals surface area contributed by atoms with Crippen molar-refractivity contribution in [1.29, 1.82) is 0 Å². The van der Waals surface area contributed by atoms with Gasteiger partial charge in [0.25, 0.3) is 0 Å². The van der Waals surface area contributed by atoms with Crippen molar-refractivity contribution in [1.82, 2.24) is 14.8 Å². The third kappa shape index (κ3) is 5.66. The summed E-state index contributed by atoms with van der Waals surface area (Å²) >= 11 is 6.04. The molecule has 0 fully saturated rings. The number of aryl methyl sites for hydroxylation is 1. The molecule has 1 aromatic carbocycles. The summed E-state index contributed by atoms with van der Waals surface area (Å²) in [5.41, 5.74) is 2.12. The van der Waals surface area contributed by atoms with Crippen molar-refractivity contribution in [3.05, 3.63) is 58.6 Å². The minimum absolute atomic E-state index is 0. The maximum Gasteiger partial charge on any atom is 0.193 e. The standard InChI is InChI=1S/C17H22ClFN4.HI/c1-20-17(23(3)12-15-5-4-10-22(15)2)21-9-8-13-6-7-14(19)11-16(13)18;/h4-7,10-11H,8-9,12H2,1-3H3,(H,20,21);1H. The molecule has 0 aliphatic rings. The number of rotatable bonds is 5. The van der Waals surface area contributed by atoms with Gasteiger partial charge in [-0.2, -0.15) is 0 Å². The molecule has 1 heterocycles. The number of nitrogens with zero attached hydrogens (tertiary/aromatic N) is 3. The molecule has 0 bridgehead atoms. The van der Waals surface area contributed by atoms with Crippen molar-refractivity contribution in [2.24, 2.45) is 12.0 Å². The zero-order chi connectivity index (χ0) is 16.8. The molecule has 0 saturated carbocycles. The van der Waals surface area contributed by atoms with Crippen LogP contribution in [0.25, 0.3) is 0 Å². The predicted molar refractivity (Wildman–Crippen MR) is 109 cm³/mol. The van der Waals surface area contributed by atoms with E-state index >= 15 is 0 Å². The average Bonchev–Trinajstić information content (AvgIpc) is 2.90. The first-order valence-corrected chi connectivity index (χ1v) is 7.85. The van der Waals surface area contributed by atoms with E-state index in [1.807, 2.05) is 26.4 Å². The lowest BCUT2D eigenvalue weighted by Crippen LogP contribution is -2.39. The summed E-state index contributed by atoms with van der Waals surface area (Å²) in [4.78, 5) is 6.35. The lowest BCUT2D eigenvalue weighted by molar-refractivity contribution is 0.462. The van der Waals surface area contributed by atoms with Gasteiger partial charge in [0.1, 0.15) is 5.82 Å². The van der Waals surface area contributed by atoms with Crippen LogP contribution in [0.1, 0.15) is 11.3 Å². The Morgan fingerprint density at radius 3 is 2.71 bits per heavy atom. The van der Waals surface area contributed by atoms with Gasteiger partial charge in [-0.05, 0) is 36.2 Å². The second kappa shape index (κ2) is 9.88. The average molecular weight is 465 g/mol. The monoisotopic (exact) mass is 464 g/mol. The van der Waals surface area contributed by atoms with E-state index < -0.39 is 0 Å². The number of benzene rings is 1. The Labute approximate surface area is 164 Å². The summed E-state index contributed by atoms with van der Waals surface area (Å²) in [6, 6.07) is 8.60. The number of guanidine groups is 1. The van der Waals surface area contributed by atoms with Gasteiger partial charge in [-0.15, -0.1) is 24.0 Å². The third-order valence-electron chi connectivity index (χ3n) is 3.72. The molecule has 0 atom stereocenters. The Morgan fingerprint density at radius 2 is 2.12 bits per heavy atom. The van der Waals surface area contributed by atoms with E-state index in [2.05, 4.69) is 25.8 Å². The molecule has 24 heavy (non-hydrogen) atoms. The van der Waals surface area contributed by atoms with Gasteiger partial charge in [-0.1, -0.05) is 17.7 Å². The van der Waals surface area contributed by atoms with E-state index in [1.54, 1.807) is 13.1 Å². The number of hydrogen-bond acceptors (Lipinski definition) is 1. The second-order valence-corrected chi connectivity index (χ2v) is 5.83. The first kappa shape index (κ1) is 20.8. The predicted octanol–water partition coefficient (Wildman–Crippen LogP) is 3.69. The summed E-state index contributed by atoms with van der Waals surface area (Å²) in [5.74, 6) is 0.495. The smallest absolute Gasteiger partial charge is 0.193 e. The van der Waals surface area contributed by atoms with Crippen LogP contribution in [-0.2, 0) is 20.0 Å². The van der Waals surface area contributed by atoms with E-state index in [0.717, 1.165) is 18.1 Å². The summed E-state index contributed by atoms with van der Waals surface area (Å²) in [7, 11) is 5.78. The quantitative estimate of drug-likeness (QED) is 0.416. The molecule has 0 spiro atoms.